The van der Waals surface area contributed by atoms with Gasteiger partial charge in [0.25, 0.3) is 0 Å². The maximum atomic E-state index is 13.8. The molecule has 1 heterocycles. The third kappa shape index (κ3) is 3.58. The highest BCUT2D eigenvalue weighted by molar-refractivity contribution is 5.25. The van der Waals surface area contributed by atoms with Gasteiger partial charge in [-0.05, 0) is 70.4 Å². The summed E-state index contributed by atoms with van der Waals surface area (Å²) in [6.45, 7) is 6.21. The monoisotopic (exact) mass is 278 g/mol. The van der Waals surface area contributed by atoms with Crippen LogP contribution in [0.3, 0.4) is 0 Å². The summed E-state index contributed by atoms with van der Waals surface area (Å²) >= 11 is 0. The lowest BCUT2D eigenvalue weighted by atomic mass is 9.94. The molecule has 0 aliphatic carbocycles. The number of rotatable bonds is 5. The number of aryl methyl sites for hydroxylation is 1. The van der Waals surface area contributed by atoms with E-state index in [-0.39, 0.29) is 5.82 Å². The van der Waals surface area contributed by atoms with Crippen molar-refractivity contribution in [1.29, 1.82) is 0 Å². The molecule has 1 saturated heterocycles. The fraction of sp³-hybridized carbons (Fsp3) is 0.647. The van der Waals surface area contributed by atoms with Crippen LogP contribution in [0.2, 0.25) is 0 Å². The van der Waals surface area contributed by atoms with E-state index in [4.69, 9.17) is 0 Å². The van der Waals surface area contributed by atoms with Crippen molar-refractivity contribution in [2.45, 2.75) is 51.6 Å². The van der Waals surface area contributed by atoms with Crippen LogP contribution in [-0.4, -0.2) is 31.1 Å². The Hall–Kier alpha value is -0.930. The average Bonchev–Trinajstić information content (AvgIpc) is 2.47. The standard InChI is InChI=1S/C17H27FN2/c1-13-7-8-15(12-17(13)18)14(2)20-11-5-4-6-16(20)9-10-19-3/h7-8,12,14,16,19H,4-6,9-11H2,1-3H3. The van der Waals surface area contributed by atoms with E-state index in [1.807, 2.05) is 20.0 Å². The molecule has 1 aromatic carbocycles. The summed E-state index contributed by atoms with van der Waals surface area (Å²) in [7, 11) is 2.01. The third-order valence-electron chi connectivity index (χ3n) is 4.58. The summed E-state index contributed by atoms with van der Waals surface area (Å²) in [6.07, 6.45) is 5.02. The summed E-state index contributed by atoms with van der Waals surface area (Å²) in [4.78, 5) is 2.56. The zero-order chi connectivity index (χ0) is 14.5. The fourth-order valence-electron chi connectivity index (χ4n) is 3.21. The van der Waals surface area contributed by atoms with Gasteiger partial charge in [-0.15, -0.1) is 0 Å². The van der Waals surface area contributed by atoms with Gasteiger partial charge in [-0.25, -0.2) is 4.39 Å². The summed E-state index contributed by atoms with van der Waals surface area (Å²) in [5.74, 6) is -0.0851. The Bertz CT molecular complexity index is 433. The molecule has 1 N–H and O–H groups in total. The van der Waals surface area contributed by atoms with Crippen molar-refractivity contribution in [2.24, 2.45) is 0 Å². The van der Waals surface area contributed by atoms with Crippen LogP contribution in [-0.2, 0) is 0 Å². The van der Waals surface area contributed by atoms with Crippen LogP contribution in [0.1, 0.15) is 49.8 Å². The molecule has 2 unspecified atom stereocenters. The van der Waals surface area contributed by atoms with E-state index in [9.17, 15) is 4.39 Å². The number of halogens is 1. The maximum absolute atomic E-state index is 13.8. The lowest BCUT2D eigenvalue weighted by Gasteiger charge is -2.40. The van der Waals surface area contributed by atoms with Crippen molar-refractivity contribution in [3.05, 3.63) is 35.1 Å². The van der Waals surface area contributed by atoms with Crippen molar-refractivity contribution in [3.63, 3.8) is 0 Å². The number of likely N-dealkylation sites (tertiary alicyclic amines) is 1. The highest BCUT2D eigenvalue weighted by Crippen LogP contribution is 2.30. The largest absolute Gasteiger partial charge is 0.320 e. The zero-order valence-electron chi connectivity index (χ0n) is 13.0. The zero-order valence-corrected chi connectivity index (χ0v) is 13.0. The molecule has 0 aromatic heterocycles. The summed E-state index contributed by atoms with van der Waals surface area (Å²) in [5, 5.41) is 3.24. The highest BCUT2D eigenvalue weighted by atomic mass is 19.1. The number of nitrogens with one attached hydrogen (secondary N) is 1. The molecule has 2 rings (SSSR count). The van der Waals surface area contributed by atoms with Gasteiger partial charge in [0.15, 0.2) is 0 Å². The molecule has 2 nitrogen and oxygen atoms in total. The Morgan fingerprint density at radius 1 is 1.40 bits per heavy atom. The van der Waals surface area contributed by atoms with E-state index in [0.717, 1.165) is 24.2 Å². The molecule has 1 aromatic rings. The van der Waals surface area contributed by atoms with Crippen LogP contribution >= 0.6 is 0 Å². The van der Waals surface area contributed by atoms with Crippen molar-refractivity contribution in [1.82, 2.24) is 10.2 Å². The van der Waals surface area contributed by atoms with Gasteiger partial charge in [0, 0.05) is 12.1 Å². The lowest BCUT2D eigenvalue weighted by molar-refractivity contribution is 0.0970. The van der Waals surface area contributed by atoms with E-state index in [1.165, 1.54) is 25.7 Å². The van der Waals surface area contributed by atoms with Gasteiger partial charge in [-0.2, -0.15) is 0 Å². The molecule has 1 aliphatic heterocycles. The second-order valence-electron chi connectivity index (χ2n) is 5.96. The number of piperidine rings is 1. The van der Waals surface area contributed by atoms with Crippen molar-refractivity contribution >= 4 is 0 Å². The second-order valence-corrected chi connectivity index (χ2v) is 5.96. The lowest BCUT2D eigenvalue weighted by Crippen LogP contribution is -2.42. The quantitative estimate of drug-likeness (QED) is 0.884. The van der Waals surface area contributed by atoms with Gasteiger partial charge in [0.05, 0.1) is 0 Å². The third-order valence-corrected chi connectivity index (χ3v) is 4.58. The molecule has 1 fully saturated rings. The van der Waals surface area contributed by atoms with Gasteiger partial charge < -0.3 is 5.32 Å². The molecule has 112 valence electrons. The SMILES string of the molecule is CNCCC1CCCCN1C(C)c1ccc(C)c(F)c1. The van der Waals surface area contributed by atoms with Crippen LogP contribution in [0.15, 0.2) is 18.2 Å². The van der Waals surface area contributed by atoms with E-state index in [2.05, 4.69) is 23.2 Å². The first-order chi connectivity index (χ1) is 9.63. The molecule has 3 heteroatoms. The highest BCUT2D eigenvalue weighted by Gasteiger charge is 2.27. The predicted octanol–water partition coefficient (Wildman–Crippen LogP) is 3.66. The average molecular weight is 278 g/mol. The van der Waals surface area contributed by atoms with Gasteiger partial charge >= 0.3 is 0 Å². The molecule has 0 bridgehead atoms. The van der Waals surface area contributed by atoms with E-state index in [0.29, 0.717) is 12.1 Å². The van der Waals surface area contributed by atoms with Gasteiger partial charge in [-0.1, -0.05) is 18.6 Å². The number of hydrogen-bond donors (Lipinski definition) is 1. The van der Waals surface area contributed by atoms with Crippen LogP contribution in [0.4, 0.5) is 4.39 Å². The molecule has 0 saturated carbocycles. The topological polar surface area (TPSA) is 15.3 Å². The van der Waals surface area contributed by atoms with E-state index >= 15 is 0 Å². The minimum atomic E-state index is -0.0851. The van der Waals surface area contributed by atoms with Gasteiger partial charge in [0.1, 0.15) is 5.82 Å². The Labute approximate surface area is 122 Å². The molecule has 0 amide bonds. The minimum Gasteiger partial charge on any atom is -0.320 e. The summed E-state index contributed by atoms with van der Waals surface area (Å²) < 4.78 is 13.8. The van der Waals surface area contributed by atoms with Gasteiger partial charge in [-0.3, -0.25) is 4.90 Å². The first-order valence-corrected chi connectivity index (χ1v) is 7.80. The van der Waals surface area contributed by atoms with Crippen LogP contribution in [0, 0.1) is 12.7 Å². The van der Waals surface area contributed by atoms with Crippen LogP contribution in [0.5, 0.6) is 0 Å². The Morgan fingerprint density at radius 2 is 2.20 bits per heavy atom. The Kier molecular flexibility index (Phi) is 5.55. The fourth-order valence-corrected chi connectivity index (χ4v) is 3.21. The number of nitrogens with zero attached hydrogens (tertiary/aromatic N) is 1. The van der Waals surface area contributed by atoms with Crippen LogP contribution in [0.25, 0.3) is 0 Å². The summed E-state index contributed by atoms with van der Waals surface area (Å²) in [5.41, 5.74) is 1.83. The normalized spacial score (nSPS) is 21.9. The first-order valence-electron chi connectivity index (χ1n) is 7.80. The Balaban J connectivity index is 2.11. The molecule has 20 heavy (non-hydrogen) atoms. The predicted molar refractivity (Wildman–Crippen MR) is 82.4 cm³/mol. The second kappa shape index (κ2) is 7.19. The minimum absolute atomic E-state index is 0.0851. The van der Waals surface area contributed by atoms with Gasteiger partial charge in [0.2, 0.25) is 0 Å². The molecule has 0 radical (unpaired) electrons. The first kappa shape index (κ1) is 15.5. The van der Waals surface area contributed by atoms with E-state index < -0.39 is 0 Å². The summed E-state index contributed by atoms with van der Waals surface area (Å²) in [6, 6.07) is 6.60. The molecule has 0 spiro atoms. The van der Waals surface area contributed by atoms with Crippen molar-refractivity contribution in [3.8, 4) is 0 Å². The van der Waals surface area contributed by atoms with Crippen molar-refractivity contribution < 1.29 is 4.39 Å². The van der Waals surface area contributed by atoms with E-state index in [1.54, 1.807) is 6.07 Å². The smallest absolute Gasteiger partial charge is 0.126 e. The molecular weight excluding hydrogens is 251 g/mol. The maximum Gasteiger partial charge on any atom is 0.126 e. The molecule has 1 aliphatic rings. The molecular formula is C17H27FN2. The number of benzene rings is 1. The van der Waals surface area contributed by atoms with Crippen LogP contribution < -0.4 is 5.32 Å². The number of hydrogen-bond acceptors (Lipinski definition) is 2. The molecule has 2 atom stereocenters. The Morgan fingerprint density at radius 3 is 2.90 bits per heavy atom. The van der Waals surface area contributed by atoms with Crippen molar-refractivity contribution in [2.75, 3.05) is 20.1 Å².